The highest BCUT2D eigenvalue weighted by atomic mass is 35.5. The van der Waals surface area contributed by atoms with Gasteiger partial charge >= 0.3 is 5.97 Å². The number of hydrogen-bond donors (Lipinski definition) is 1. The predicted octanol–water partition coefficient (Wildman–Crippen LogP) is 0.977. The Morgan fingerprint density at radius 3 is 3.12 bits per heavy atom. The van der Waals surface area contributed by atoms with Crippen LogP contribution in [0.15, 0.2) is 6.20 Å². The summed E-state index contributed by atoms with van der Waals surface area (Å²) in [5.74, 6) is -0.0299. The van der Waals surface area contributed by atoms with Crippen LogP contribution in [0.5, 0.6) is 0 Å². The lowest BCUT2D eigenvalue weighted by molar-refractivity contribution is -0.140. The van der Waals surface area contributed by atoms with Crippen molar-refractivity contribution >= 4 is 23.4 Å². The Kier molecular flexibility index (Phi) is 4.48. The van der Waals surface area contributed by atoms with Crippen LogP contribution in [-0.2, 0) is 9.53 Å². The number of nitrogens with one attached hydrogen (secondary N) is 1. The number of aromatic nitrogens is 2. The molecule has 0 aliphatic heterocycles. The van der Waals surface area contributed by atoms with Crippen LogP contribution >= 0.6 is 11.6 Å². The van der Waals surface area contributed by atoms with Crippen LogP contribution in [-0.4, -0.2) is 29.1 Å². The van der Waals surface area contributed by atoms with Crippen molar-refractivity contribution in [3.05, 3.63) is 17.0 Å². The van der Waals surface area contributed by atoms with E-state index in [4.69, 9.17) is 21.6 Å². The Labute approximate surface area is 97.2 Å². The van der Waals surface area contributed by atoms with Crippen LogP contribution in [0.25, 0.3) is 0 Å². The van der Waals surface area contributed by atoms with Crippen molar-refractivity contribution in [2.75, 3.05) is 18.5 Å². The first-order valence-electron chi connectivity index (χ1n) is 4.43. The number of rotatable bonds is 4. The Balaban J connectivity index is 2.56. The maximum atomic E-state index is 10.5. The Morgan fingerprint density at radius 2 is 2.50 bits per heavy atom. The molecular weight excluding hydrogens is 232 g/mol. The molecule has 84 valence electrons. The molecular formula is C9H9ClN4O2. The highest BCUT2D eigenvalue weighted by Crippen LogP contribution is 2.12. The van der Waals surface area contributed by atoms with Gasteiger partial charge in [-0.2, -0.15) is 10.2 Å². The lowest BCUT2D eigenvalue weighted by Crippen LogP contribution is -2.13. The van der Waals surface area contributed by atoms with E-state index in [1.54, 1.807) is 0 Å². The van der Waals surface area contributed by atoms with Crippen molar-refractivity contribution in [2.24, 2.45) is 0 Å². The average Bonchev–Trinajstić information content (AvgIpc) is 2.24. The average molecular weight is 241 g/mol. The molecule has 0 atom stereocenters. The van der Waals surface area contributed by atoms with Gasteiger partial charge in [0.1, 0.15) is 24.1 Å². The second-order valence-corrected chi connectivity index (χ2v) is 3.12. The zero-order valence-electron chi connectivity index (χ0n) is 8.53. The first-order valence-corrected chi connectivity index (χ1v) is 4.81. The van der Waals surface area contributed by atoms with Crippen LogP contribution in [0.2, 0.25) is 5.28 Å². The highest BCUT2D eigenvalue weighted by molar-refractivity contribution is 6.28. The summed E-state index contributed by atoms with van der Waals surface area (Å²) in [6.07, 6.45) is 1.32. The minimum atomic E-state index is -0.358. The predicted molar refractivity (Wildman–Crippen MR) is 56.9 cm³/mol. The summed E-state index contributed by atoms with van der Waals surface area (Å²) < 4.78 is 4.71. The topological polar surface area (TPSA) is 87.9 Å². The molecule has 1 aromatic heterocycles. The summed E-state index contributed by atoms with van der Waals surface area (Å²) in [4.78, 5) is 18.0. The van der Waals surface area contributed by atoms with Gasteiger partial charge in [-0.05, 0) is 11.6 Å². The van der Waals surface area contributed by atoms with Crippen LogP contribution in [0.3, 0.4) is 0 Å². The fraction of sp³-hybridized carbons (Fsp3) is 0.333. The van der Waals surface area contributed by atoms with Gasteiger partial charge in [-0.15, -0.1) is 0 Å². The van der Waals surface area contributed by atoms with Crippen molar-refractivity contribution in [3.8, 4) is 6.07 Å². The third-order valence-electron chi connectivity index (χ3n) is 1.58. The fourth-order valence-electron chi connectivity index (χ4n) is 0.941. The molecule has 0 saturated heterocycles. The Morgan fingerprint density at radius 1 is 1.75 bits per heavy atom. The van der Waals surface area contributed by atoms with Crippen molar-refractivity contribution in [1.29, 1.82) is 5.26 Å². The number of carbonyl (C=O) groups is 1. The number of nitriles is 1. The van der Waals surface area contributed by atoms with Gasteiger partial charge in [0.05, 0.1) is 12.7 Å². The van der Waals surface area contributed by atoms with E-state index in [2.05, 4.69) is 15.3 Å². The third kappa shape index (κ3) is 3.71. The monoisotopic (exact) mass is 240 g/mol. The van der Waals surface area contributed by atoms with Crippen molar-refractivity contribution in [1.82, 2.24) is 9.97 Å². The van der Waals surface area contributed by atoms with Gasteiger partial charge in [-0.25, -0.2) is 4.98 Å². The van der Waals surface area contributed by atoms with Crippen molar-refractivity contribution in [3.63, 3.8) is 0 Å². The lowest BCUT2D eigenvalue weighted by Gasteiger charge is -2.06. The molecule has 0 aromatic carbocycles. The van der Waals surface area contributed by atoms with E-state index < -0.39 is 0 Å². The second kappa shape index (κ2) is 5.88. The van der Waals surface area contributed by atoms with E-state index in [9.17, 15) is 4.79 Å². The molecule has 0 fully saturated rings. The molecule has 0 radical (unpaired) electrons. The maximum absolute atomic E-state index is 10.5. The number of carbonyl (C=O) groups excluding carboxylic acids is 1. The molecule has 0 aliphatic carbocycles. The zero-order valence-corrected chi connectivity index (χ0v) is 9.28. The number of halogens is 1. The van der Waals surface area contributed by atoms with Crippen LogP contribution in [0.4, 0.5) is 5.82 Å². The molecule has 1 rings (SSSR count). The third-order valence-corrected chi connectivity index (χ3v) is 1.76. The molecule has 0 aliphatic rings. The summed E-state index contributed by atoms with van der Waals surface area (Å²) in [6.45, 7) is 1.87. The first kappa shape index (κ1) is 12.2. The van der Waals surface area contributed by atoms with E-state index in [-0.39, 0.29) is 23.4 Å². The summed E-state index contributed by atoms with van der Waals surface area (Å²) in [5.41, 5.74) is 0.284. The SMILES string of the molecule is CC(=O)OCCNc1nc(Cl)ncc1C#N. The molecule has 6 nitrogen and oxygen atoms in total. The Hall–Kier alpha value is -1.87. The number of hydrogen-bond acceptors (Lipinski definition) is 6. The number of nitrogens with zero attached hydrogens (tertiary/aromatic N) is 3. The van der Waals surface area contributed by atoms with Gasteiger partial charge in [0.15, 0.2) is 0 Å². The van der Waals surface area contributed by atoms with E-state index >= 15 is 0 Å². The normalized spacial score (nSPS) is 9.31. The van der Waals surface area contributed by atoms with Gasteiger partial charge in [-0.3, -0.25) is 4.79 Å². The number of ether oxygens (including phenoxy) is 1. The molecule has 0 spiro atoms. The highest BCUT2D eigenvalue weighted by Gasteiger charge is 2.05. The maximum Gasteiger partial charge on any atom is 0.302 e. The van der Waals surface area contributed by atoms with Gasteiger partial charge in [-0.1, -0.05) is 0 Å². The smallest absolute Gasteiger partial charge is 0.302 e. The van der Waals surface area contributed by atoms with E-state index in [0.717, 1.165) is 0 Å². The second-order valence-electron chi connectivity index (χ2n) is 2.78. The van der Waals surface area contributed by atoms with Crippen LogP contribution in [0.1, 0.15) is 12.5 Å². The first-order chi connectivity index (χ1) is 7.63. The van der Waals surface area contributed by atoms with Crippen molar-refractivity contribution in [2.45, 2.75) is 6.92 Å². The van der Waals surface area contributed by atoms with Gasteiger partial charge in [0.2, 0.25) is 5.28 Å². The minimum absolute atomic E-state index is 0.0500. The van der Waals surface area contributed by atoms with Crippen LogP contribution in [0, 0.1) is 11.3 Å². The summed E-state index contributed by atoms with van der Waals surface area (Å²) in [6, 6.07) is 1.92. The molecule has 16 heavy (non-hydrogen) atoms. The molecule has 0 saturated carbocycles. The van der Waals surface area contributed by atoms with Gasteiger partial charge < -0.3 is 10.1 Å². The largest absolute Gasteiger partial charge is 0.464 e. The van der Waals surface area contributed by atoms with Crippen LogP contribution < -0.4 is 5.32 Å². The van der Waals surface area contributed by atoms with E-state index in [1.807, 2.05) is 6.07 Å². The lowest BCUT2D eigenvalue weighted by atomic mass is 10.3. The molecule has 0 amide bonds. The summed E-state index contributed by atoms with van der Waals surface area (Å²) in [5, 5.41) is 11.6. The molecule has 0 bridgehead atoms. The van der Waals surface area contributed by atoms with E-state index in [1.165, 1.54) is 13.1 Å². The zero-order chi connectivity index (χ0) is 12.0. The molecule has 1 heterocycles. The fourth-order valence-corrected chi connectivity index (χ4v) is 1.07. The molecule has 7 heteroatoms. The molecule has 1 aromatic rings. The van der Waals surface area contributed by atoms with Gasteiger partial charge in [0.25, 0.3) is 0 Å². The van der Waals surface area contributed by atoms with Crippen molar-refractivity contribution < 1.29 is 9.53 Å². The van der Waals surface area contributed by atoms with E-state index in [0.29, 0.717) is 12.4 Å². The van der Waals surface area contributed by atoms with Gasteiger partial charge in [0, 0.05) is 6.92 Å². The Bertz CT molecular complexity index is 430. The molecule has 1 N–H and O–H groups in total. The standard InChI is InChI=1S/C9H9ClN4O2/c1-6(15)16-3-2-12-8-7(4-11)5-13-9(10)14-8/h5H,2-3H2,1H3,(H,12,13,14). The quantitative estimate of drug-likeness (QED) is 0.479. The number of esters is 1. The summed E-state index contributed by atoms with van der Waals surface area (Å²) in [7, 11) is 0. The molecule has 0 unspecified atom stereocenters. The minimum Gasteiger partial charge on any atom is -0.464 e. The number of anilines is 1. The summed E-state index contributed by atoms with van der Waals surface area (Å²) >= 11 is 5.58.